The Morgan fingerprint density at radius 1 is 1.19 bits per heavy atom. The molecule has 0 aliphatic carbocycles. The Kier molecular flexibility index (Phi) is 5.00. The quantitative estimate of drug-likeness (QED) is 0.700. The number of carbonyl (C=O) groups is 2. The molecule has 0 fully saturated rings. The lowest BCUT2D eigenvalue weighted by molar-refractivity contribution is 0.0692. The van der Waals surface area contributed by atoms with E-state index in [-0.39, 0.29) is 11.3 Å². The van der Waals surface area contributed by atoms with Crippen molar-refractivity contribution in [3.05, 3.63) is 63.7 Å². The monoisotopic (exact) mass is 387 g/mol. The highest BCUT2D eigenvalue weighted by atomic mass is 35.5. The van der Waals surface area contributed by atoms with Crippen molar-refractivity contribution < 1.29 is 14.7 Å². The lowest BCUT2D eigenvalue weighted by Crippen LogP contribution is -2.17. The minimum Gasteiger partial charge on any atom is -0.478 e. The number of rotatable bonds is 5. The van der Waals surface area contributed by atoms with Gasteiger partial charge in [0.15, 0.2) is 5.69 Å². The van der Waals surface area contributed by atoms with E-state index in [1.54, 1.807) is 30.8 Å². The fourth-order valence-electron chi connectivity index (χ4n) is 2.78. The van der Waals surface area contributed by atoms with E-state index in [0.29, 0.717) is 22.9 Å². The predicted octanol–water partition coefficient (Wildman–Crippen LogP) is 2.89. The number of carboxylic acids is 1. The van der Waals surface area contributed by atoms with Crippen LogP contribution in [0.3, 0.4) is 0 Å². The lowest BCUT2D eigenvalue weighted by atomic mass is 10.2. The summed E-state index contributed by atoms with van der Waals surface area (Å²) in [5, 5.41) is 21.0. The predicted molar refractivity (Wildman–Crippen MR) is 100 cm³/mol. The van der Waals surface area contributed by atoms with Gasteiger partial charge in [0.2, 0.25) is 0 Å². The second kappa shape index (κ2) is 7.24. The zero-order chi connectivity index (χ0) is 19.7. The van der Waals surface area contributed by atoms with Gasteiger partial charge in [-0.05, 0) is 31.5 Å². The third-order valence-electron chi connectivity index (χ3n) is 4.14. The van der Waals surface area contributed by atoms with Crippen molar-refractivity contribution in [1.29, 1.82) is 0 Å². The SMILES string of the molecule is Cc1nn(Cc2ccc(Cl)cc2)c(C)c1NC(=O)c1nn(C)cc1C(=O)O. The Hall–Kier alpha value is -3.13. The van der Waals surface area contributed by atoms with Gasteiger partial charge in [0.1, 0.15) is 5.56 Å². The maximum atomic E-state index is 12.6. The number of hydrogen-bond acceptors (Lipinski definition) is 4. The maximum Gasteiger partial charge on any atom is 0.339 e. The average molecular weight is 388 g/mol. The van der Waals surface area contributed by atoms with E-state index in [1.807, 2.05) is 19.1 Å². The summed E-state index contributed by atoms with van der Waals surface area (Å²) in [6.45, 7) is 4.13. The molecule has 0 spiro atoms. The van der Waals surface area contributed by atoms with Gasteiger partial charge in [-0.15, -0.1) is 0 Å². The van der Waals surface area contributed by atoms with Crippen LogP contribution < -0.4 is 5.32 Å². The summed E-state index contributed by atoms with van der Waals surface area (Å²) in [5.74, 6) is -1.80. The van der Waals surface area contributed by atoms with Gasteiger partial charge in [-0.2, -0.15) is 10.2 Å². The van der Waals surface area contributed by atoms with Crippen LogP contribution >= 0.6 is 11.6 Å². The van der Waals surface area contributed by atoms with Gasteiger partial charge in [0, 0.05) is 18.3 Å². The minimum atomic E-state index is -1.21. The molecule has 3 aromatic rings. The van der Waals surface area contributed by atoms with Crippen LogP contribution in [0.15, 0.2) is 30.5 Å². The summed E-state index contributed by atoms with van der Waals surface area (Å²) in [6.07, 6.45) is 1.29. The van der Waals surface area contributed by atoms with Crippen LogP contribution in [0.2, 0.25) is 5.02 Å². The third-order valence-corrected chi connectivity index (χ3v) is 4.39. The number of nitrogens with one attached hydrogen (secondary N) is 1. The average Bonchev–Trinajstić information content (AvgIpc) is 3.12. The Bertz CT molecular complexity index is 1020. The standard InChI is InChI=1S/C18H18ClN5O3/c1-10-15(20-17(25)16-14(18(26)27)9-23(3)22-16)11(2)24(21-10)8-12-4-6-13(19)7-5-12/h4-7,9H,8H2,1-3H3,(H,20,25)(H,26,27). The number of aromatic nitrogens is 4. The van der Waals surface area contributed by atoms with Crippen LogP contribution in [0.5, 0.6) is 0 Å². The normalized spacial score (nSPS) is 10.8. The topological polar surface area (TPSA) is 102 Å². The van der Waals surface area contributed by atoms with Gasteiger partial charge in [-0.25, -0.2) is 4.79 Å². The molecule has 0 aliphatic rings. The Morgan fingerprint density at radius 3 is 2.48 bits per heavy atom. The van der Waals surface area contributed by atoms with E-state index in [4.69, 9.17) is 11.6 Å². The van der Waals surface area contributed by atoms with E-state index in [0.717, 1.165) is 11.3 Å². The fraction of sp³-hybridized carbons (Fsp3) is 0.222. The van der Waals surface area contributed by atoms with Crippen LogP contribution in [-0.4, -0.2) is 36.5 Å². The van der Waals surface area contributed by atoms with Gasteiger partial charge >= 0.3 is 5.97 Å². The Balaban J connectivity index is 1.85. The van der Waals surface area contributed by atoms with Gasteiger partial charge in [-0.3, -0.25) is 14.2 Å². The summed E-state index contributed by atoms with van der Waals surface area (Å²) in [4.78, 5) is 23.9. The number of carbonyl (C=O) groups excluding carboxylic acids is 1. The summed E-state index contributed by atoms with van der Waals surface area (Å²) >= 11 is 5.91. The Morgan fingerprint density at radius 2 is 1.85 bits per heavy atom. The van der Waals surface area contributed by atoms with Crippen molar-refractivity contribution in [1.82, 2.24) is 19.6 Å². The highest BCUT2D eigenvalue weighted by molar-refractivity contribution is 6.30. The first kappa shape index (κ1) is 18.7. The minimum absolute atomic E-state index is 0.144. The number of nitrogens with zero attached hydrogens (tertiary/aromatic N) is 4. The molecular weight excluding hydrogens is 370 g/mol. The zero-order valence-corrected chi connectivity index (χ0v) is 15.8. The van der Waals surface area contributed by atoms with Crippen LogP contribution in [0.1, 0.15) is 37.8 Å². The molecule has 27 heavy (non-hydrogen) atoms. The van der Waals surface area contributed by atoms with Crippen molar-refractivity contribution >= 4 is 29.2 Å². The molecule has 8 nitrogen and oxygen atoms in total. The van der Waals surface area contributed by atoms with Crippen LogP contribution in [0, 0.1) is 13.8 Å². The molecule has 0 radical (unpaired) electrons. The van der Waals surface area contributed by atoms with E-state index < -0.39 is 11.9 Å². The zero-order valence-electron chi connectivity index (χ0n) is 15.0. The maximum absolute atomic E-state index is 12.6. The molecule has 0 bridgehead atoms. The molecule has 0 atom stereocenters. The number of aromatic carboxylic acids is 1. The first-order valence-corrected chi connectivity index (χ1v) is 8.50. The van der Waals surface area contributed by atoms with Gasteiger partial charge in [-0.1, -0.05) is 23.7 Å². The molecule has 0 saturated carbocycles. The second-order valence-corrected chi connectivity index (χ2v) is 6.59. The van der Waals surface area contributed by atoms with Gasteiger partial charge in [0.05, 0.1) is 23.6 Å². The number of benzene rings is 1. The highest BCUT2D eigenvalue weighted by Crippen LogP contribution is 2.22. The number of carboxylic acid groups (broad SMARTS) is 1. The van der Waals surface area contributed by atoms with Crippen molar-refractivity contribution in [2.24, 2.45) is 7.05 Å². The highest BCUT2D eigenvalue weighted by Gasteiger charge is 2.23. The van der Waals surface area contributed by atoms with E-state index in [2.05, 4.69) is 15.5 Å². The fourth-order valence-corrected chi connectivity index (χ4v) is 2.91. The van der Waals surface area contributed by atoms with Gasteiger partial charge < -0.3 is 10.4 Å². The van der Waals surface area contributed by atoms with E-state index >= 15 is 0 Å². The molecule has 1 aromatic carbocycles. The molecule has 0 saturated heterocycles. The molecule has 0 unspecified atom stereocenters. The number of amides is 1. The van der Waals surface area contributed by atoms with Crippen molar-refractivity contribution in [3.8, 4) is 0 Å². The second-order valence-electron chi connectivity index (χ2n) is 6.15. The molecule has 1 amide bonds. The molecule has 2 aromatic heterocycles. The van der Waals surface area contributed by atoms with Crippen molar-refractivity contribution in [2.45, 2.75) is 20.4 Å². The number of hydrogen-bond donors (Lipinski definition) is 2. The Labute approximate surface area is 160 Å². The summed E-state index contributed by atoms with van der Waals surface area (Å²) in [5.41, 5.74) is 2.64. The van der Waals surface area contributed by atoms with Crippen LogP contribution in [0.4, 0.5) is 5.69 Å². The largest absolute Gasteiger partial charge is 0.478 e. The molecule has 3 rings (SSSR count). The molecule has 0 aliphatic heterocycles. The molecule has 9 heteroatoms. The van der Waals surface area contributed by atoms with Crippen molar-refractivity contribution in [3.63, 3.8) is 0 Å². The summed E-state index contributed by atoms with van der Waals surface area (Å²) < 4.78 is 3.06. The van der Waals surface area contributed by atoms with Crippen LogP contribution in [-0.2, 0) is 13.6 Å². The van der Waals surface area contributed by atoms with E-state index in [1.165, 1.54) is 10.9 Å². The summed E-state index contributed by atoms with van der Waals surface area (Å²) in [7, 11) is 1.56. The first-order valence-electron chi connectivity index (χ1n) is 8.13. The third kappa shape index (κ3) is 3.85. The van der Waals surface area contributed by atoms with E-state index in [9.17, 15) is 14.7 Å². The number of halogens is 1. The summed E-state index contributed by atoms with van der Waals surface area (Å²) in [6, 6.07) is 7.42. The number of anilines is 1. The van der Waals surface area contributed by atoms with Crippen molar-refractivity contribution in [2.75, 3.05) is 5.32 Å². The lowest BCUT2D eigenvalue weighted by Gasteiger charge is -2.07. The van der Waals surface area contributed by atoms with Crippen LogP contribution in [0.25, 0.3) is 0 Å². The number of aryl methyl sites for hydroxylation is 2. The molecule has 2 N–H and O–H groups in total. The van der Waals surface area contributed by atoms with Gasteiger partial charge in [0.25, 0.3) is 5.91 Å². The molecule has 140 valence electrons. The molecular formula is C18H18ClN5O3. The molecule has 2 heterocycles. The smallest absolute Gasteiger partial charge is 0.339 e. The first-order chi connectivity index (χ1) is 12.8.